The van der Waals surface area contributed by atoms with Gasteiger partial charge < -0.3 is 14.2 Å². The number of nitrogens with zero attached hydrogens (tertiary/aromatic N) is 4. The molecule has 3 heterocycles. The molecule has 0 aliphatic rings. The van der Waals surface area contributed by atoms with Crippen LogP contribution in [-0.4, -0.2) is 44.2 Å². The average Bonchev–Trinajstić information content (AvgIpc) is 2.82. The Kier molecular flexibility index (Phi) is 8.33. The molecule has 10 nitrogen and oxygen atoms in total. The Morgan fingerprint density at radius 1 is 1.22 bits per heavy atom. The molecule has 0 aromatic carbocycles. The van der Waals surface area contributed by atoms with E-state index in [0.717, 1.165) is 7.05 Å². The van der Waals surface area contributed by atoms with Crippen LogP contribution in [0.3, 0.4) is 0 Å². The van der Waals surface area contributed by atoms with Gasteiger partial charge in [0.2, 0.25) is 5.88 Å². The van der Waals surface area contributed by atoms with Crippen LogP contribution < -0.4 is 20.7 Å². The molecule has 1 unspecified atom stereocenters. The lowest BCUT2D eigenvalue weighted by molar-refractivity contribution is -0.144. The summed E-state index contributed by atoms with van der Waals surface area (Å²) in [5.74, 6) is -3.46. The minimum Gasteiger partial charge on any atom is -0.464 e. The lowest BCUT2D eigenvalue weighted by Gasteiger charge is -2.17. The molecule has 0 amide bonds. The van der Waals surface area contributed by atoms with Gasteiger partial charge in [0, 0.05) is 32.0 Å². The van der Waals surface area contributed by atoms with Crippen LogP contribution in [0.25, 0.3) is 5.82 Å². The summed E-state index contributed by atoms with van der Waals surface area (Å²) < 4.78 is 70.5. The molecule has 0 N–H and O–H groups in total. The minimum atomic E-state index is -5.01. The molecule has 0 saturated heterocycles. The smallest absolute Gasteiger partial charge is 0.431 e. The van der Waals surface area contributed by atoms with Gasteiger partial charge in [0.25, 0.3) is 11.4 Å². The third-order valence-corrected chi connectivity index (χ3v) is 5.11. The molecule has 3 aromatic heterocycles. The molecule has 0 fully saturated rings. The van der Waals surface area contributed by atoms with Gasteiger partial charge in [-0.15, -0.1) is 0 Å². The van der Waals surface area contributed by atoms with Crippen molar-refractivity contribution in [3.63, 3.8) is 0 Å². The number of hydrogen-bond donors (Lipinski definition) is 0. The summed E-state index contributed by atoms with van der Waals surface area (Å²) in [7, 11) is 0.763. The highest BCUT2D eigenvalue weighted by Gasteiger charge is 2.35. The van der Waals surface area contributed by atoms with E-state index in [9.17, 15) is 31.9 Å². The van der Waals surface area contributed by atoms with Crippen LogP contribution in [-0.2, 0) is 22.8 Å². The van der Waals surface area contributed by atoms with Crippen LogP contribution in [0.15, 0.2) is 40.1 Å². The van der Waals surface area contributed by atoms with Crippen LogP contribution in [0, 0.1) is 5.82 Å². The number of halogens is 5. The van der Waals surface area contributed by atoms with E-state index < -0.39 is 57.5 Å². The lowest BCUT2D eigenvalue weighted by Crippen LogP contribution is -2.41. The molecule has 0 bridgehead atoms. The molecular formula is C22H19ClF4N4O6. The highest BCUT2D eigenvalue weighted by molar-refractivity contribution is 6.31. The van der Waals surface area contributed by atoms with Gasteiger partial charge in [-0.05, 0) is 26.0 Å². The van der Waals surface area contributed by atoms with Gasteiger partial charge in [-0.1, -0.05) is 11.6 Å². The molecule has 0 radical (unpaired) electrons. The van der Waals surface area contributed by atoms with Crippen LogP contribution in [0.1, 0.15) is 19.5 Å². The first-order chi connectivity index (χ1) is 17.3. The summed E-state index contributed by atoms with van der Waals surface area (Å²) in [6.45, 7) is 3.28. The molecule has 15 heteroatoms. The highest BCUT2D eigenvalue weighted by Crippen LogP contribution is 2.34. The number of hydrogen-bond acceptors (Lipinski definition) is 8. The number of carbonyl (C=O) groups is 1. The standard InChI is InChI=1S/C22H19ClF4N4O6/c1-4-35-10-14(32)11(2)36-20-15(6-5-7-28-20)37-19-12(23)8-13(24)18(29-19)31-17(33)9-16(22(25,26)27)30(3)21(31)34/h5-9,11H,4,10H2,1-3H3. The van der Waals surface area contributed by atoms with Crippen LogP contribution in [0.4, 0.5) is 17.6 Å². The van der Waals surface area contributed by atoms with Crippen molar-refractivity contribution in [1.29, 1.82) is 0 Å². The number of aromatic nitrogens is 4. The van der Waals surface area contributed by atoms with Crippen molar-refractivity contribution in [2.45, 2.75) is 26.1 Å². The summed E-state index contributed by atoms with van der Waals surface area (Å²) in [5, 5.41) is -0.409. The van der Waals surface area contributed by atoms with Crippen molar-refractivity contribution >= 4 is 17.4 Å². The van der Waals surface area contributed by atoms with E-state index in [1.165, 1.54) is 25.3 Å². The Morgan fingerprint density at radius 2 is 1.92 bits per heavy atom. The van der Waals surface area contributed by atoms with Gasteiger partial charge in [-0.2, -0.15) is 18.2 Å². The van der Waals surface area contributed by atoms with Gasteiger partial charge in [-0.3, -0.25) is 14.2 Å². The van der Waals surface area contributed by atoms with E-state index in [2.05, 4.69) is 9.97 Å². The Morgan fingerprint density at radius 3 is 2.57 bits per heavy atom. The van der Waals surface area contributed by atoms with E-state index in [1.807, 2.05) is 0 Å². The van der Waals surface area contributed by atoms with Crippen LogP contribution >= 0.6 is 11.6 Å². The maximum absolute atomic E-state index is 14.7. The maximum atomic E-state index is 14.7. The normalized spacial score (nSPS) is 12.3. The SMILES string of the molecule is CCOCC(=O)C(C)Oc1ncccc1Oc1nc(-n2c(=O)cc(C(F)(F)F)n(C)c2=O)c(F)cc1Cl. The summed E-state index contributed by atoms with van der Waals surface area (Å²) in [6.07, 6.45) is -4.67. The van der Waals surface area contributed by atoms with Gasteiger partial charge in [0.1, 0.15) is 17.3 Å². The lowest BCUT2D eigenvalue weighted by atomic mass is 10.3. The fraction of sp³-hybridized carbons (Fsp3) is 0.318. The molecule has 1 atom stereocenters. The average molecular weight is 547 g/mol. The quantitative estimate of drug-likeness (QED) is 0.376. The Bertz CT molecular complexity index is 1440. The van der Waals surface area contributed by atoms with Crippen molar-refractivity contribution in [2.75, 3.05) is 13.2 Å². The maximum Gasteiger partial charge on any atom is 0.431 e. The monoisotopic (exact) mass is 546 g/mol. The van der Waals surface area contributed by atoms with E-state index >= 15 is 0 Å². The van der Waals surface area contributed by atoms with Crippen molar-refractivity contribution in [2.24, 2.45) is 7.05 Å². The number of rotatable bonds is 9. The van der Waals surface area contributed by atoms with Crippen molar-refractivity contribution in [1.82, 2.24) is 19.1 Å². The summed E-state index contributed by atoms with van der Waals surface area (Å²) in [4.78, 5) is 44.8. The molecule has 0 spiro atoms. The van der Waals surface area contributed by atoms with Gasteiger partial charge >= 0.3 is 11.9 Å². The van der Waals surface area contributed by atoms with Crippen LogP contribution in [0.2, 0.25) is 5.02 Å². The second kappa shape index (κ2) is 11.1. The molecule has 0 aliphatic carbocycles. The predicted octanol–water partition coefficient (Wildman–Crippen LogP) is 3.30. The predicted molar refractivity (Wildman–Crippen MR) is 121 cm³/mol. The van der Waals surface area contributed by atoms with E-state index in [0.29, 0.717) is 12.7 Å². The molecule has 0 saturated carbocycles. The van der Waals surface area contributed by atoms with Gasteiger partial charge in [-0.25, -0.2) is 18.7 Å². The van der Waals surface area contributed by atoms with E-state index in [4.69, 9.17) is 25.8 Å². The molecule has 0 aliphatic heterocycles. The number of Topliss-reactive ketones (excluding diaryl/α,β-unsaturated/α-hetero) is 1. The highest BCUT2D eigenvalue weighted by atomic mass is 35.5. The summed E-state index contributed by atoms with van der Waals surface area (Å²) >= 11 is 6.02. The molecular weight excluding hydrogens is 528 g/mol. The topological polar surface area (TPSA) is 115 Å². The molecule has 3 aromatic rings. The first-order valence-electron chi connectivity index (χ1n) is 10.5. The fourth-order valence-electron chi connectivity index (χ4n) is 2.96. The summed E-state index contributed by atoms with van der Waals surface area (Å²) in [6, 6.07) is 3.58. The molecule has 37 heavy (non-hydrogen) atoms. The number of pyridine rings is 2. The van der Waals surface area contributed by atoms with Gasteiger partial charge in [0.15, 0.2) is 29.3 Å². The zero-order valence-electron chi connectivity index (χ0n) is 19.5. The minimum absolute atomic E-state index is 0.100. The third kappa shape index (κ3) is 6.14. The van der Waals surface area contributed by atoms with Crippen molar-refractivity contribution in [3.05, 3.63) is 67.8 Å². The second-order valence-corrected chi connectivity index (χ2v) is 7.80. The van der Waals surface area contributed by atoms with Crippen molar-refractivity contribution in [3.8, 4) is 23.3 Å². The molecule has 198 valence electrons. The number of ketones is 1. The van der Waals surface area contributed by atoms with Crippen LogP contribution in [0.5, 0.6) is 17.5 Å². The number of alkyl halides is 3. The second-order valence-electron chi connectivity index (χ2n) is 7.40. The Hall–Kier alpha value is -3.78. The largest absolute Gasteiger partial charge is 0.464 e. The Balaban J connectivity index is 2.03. The van der Waals surface area contributed by atoms with Gasteiger partial charge in [0.05, 0.1) is 0 Å². The zero-order chi connectivity index (χ0) is 27.5. The number of ether oxygens (including phenoxy) is 3. The molecule has 3 rings (SSSR count). The van der Waals surface area contributed by atoms with E-state index in [1.54, 1.807) is 6.92 Å². The summed E-state index contributed by atoms with van der Waals surface area (Å²) in [5.41, 5.74) is -4.52. The number of carbonyl (C=O) groups excluding carboxylic acids is 1. The zero-order valence-corrected chi connectivity index (χ0v) is 20.3. The van der Waals surface area contributed by atoms with Crippen molar-refractivity contribution < 1.29 is 36.6 Å². The third-order valence-electron chi connectivity index (χ3n) is 4.83. The first kappa shape index (κ1) is 27.8. The first-order valence-corrected chi connectivity index (χ1v) is 10.9. The fourth-order valence-corrected chi connectivity index (χ4v) is 3.14. The Labute approximate surface area is 211 Å². The van der Waals surface area contributed by atoms with E-state index in [-0.39, 0.29) is 33.4 Å².